The number of aromatic nitrogens is 2. The van der Waals surface area contributed by atoms with Gasteiger partial charge in [-0.1, -0.05) is 6.92 Å². The zero-order valence-corrected chi connectivity index (χ0v) is 9.19. The summed E-state index contributed by atoms with van der Waals surface area (Å²) in [6, 6.07) is 3.98. The first-order chi connectivity index (χ1) is 7.29. The molecule has 2 rings (SSSR count). The molecule has 1 atom stereocenters. The SMILES string of the molecule is CC1CCCN(c2ccc(CN)nn2)C1. The molecule has 1 aromatic rings. The summed E-state index contributed by atoms with van der Waals surface area (Å²) in [5, 5.41) is 8.28. The lowest BCUT2D eigenvalue weighted by Gasteiger charge is -2.31. The van der Waals surface area contributed by atoms with E-state index in [0.29, 0.717) is 6.54 Å². The quantitative estimate of drug-likeness (QED) is 0.789. The summed E-state index contributed by atoms with van der Waals surface area (Å²) in [5.41, 5.74) is 6.34. The average molecular weight is 206 g/mol. The maximum absolute atomic E-state index is 5.48. The molecule has 0 saturated carbocycles. The van der Waals surface area contributed by atoms with Gasteiger partial charge in [0.2, 0.25) is 0 Å². The van der Waals surface area contributed by atoms with E-state index in [1.165, 1.54) is 12.8 Å². The molecule has 0 amide bonds. The van der Waals surface area contributed by atoms with Gasteiger partial charge >= 0.3 is 0 Å². The van der Waals surface area contributed by atoms with Crippen LogP contribution in [0.4, 0.5) is 5.82 Å². The summed E-state index contributed by atoms with van der Waals surface area (Å²) in [6.07, 6.45) is 2.58. The number of nitrogens with two attached hydrogens (primary N) is 1. The molecule has 4 heteroatoms. The first kappa shape index (κ1) is 10.4. The van der Waals surface area contributed by atoms with Crippen LogP contribution in [0, 0.1) is 5.92 Å². The summed E-state index contributed by atoms with van der Waals surface area (Å²) in [7, 11) is 0. The van der Waals surface area contributed by atoms with Crippen LogP contribution < -0.4 is 10.6 Å². The minimum Gasteiger partial charge on any atom is -0.355 e. The minimum atomic E-state index is 0.462. The second-order valence-corrected chi connectivity index (χ2v) is 4.28. The lowest BCUT2D eigenvalue weighted by atomic mass is 10.0. The van der Waals surface area contributed by atoms with Crippen molar-refractivity contribution in [3.8, 4) is 0 Å². The van der Waals surface area contributed by atoms with Crippen LogP contribution in [0.1, 0.15) is 25.5 Å². The lowest BCUT2D eigenvalue weighted by molar-refractivity contribution is 0.443. The first-order valence-electron chi connectivity index (χ1n) is 5.57. The Balaban J connectivity index is 2.07. The Bertz CT molecular complexity index is 309. The highest BCUT2D eigenvalue weighted by Gasteiger charge is 2.17. The van der Waals surface area contributed by atoms with Crippen molar-refractivity contribution in [1.29, 1.82) is 0 Å². The molecule has 0 spiro atoms. The van der Waals surface area contributed by atoms with E-state index in [9.17, 15) is 0 Å². The van der Waals surface area contributed by atoms with Crippen LogP contribution >= 0.6 is 0 Å². The molecule has 1 unspecified atom stereocenters. The Kier molecular flexibility index (Phi) is 3.16. The van der Waals surface area contributed by atoms with Gasteiger partial charge in [-0.15, -0.1) is 5.10 Å². The van der Waals surface area contributed by atoms with Gasteiger partial charge in [-0.3, -0.25) is 0 Å². The average Bonchev–Trinajstić information content (AvgIpc) is 2.29. The van der Waals surface area contributed by atoms with Crippen molar-refractivity contribution in [2.24, 2.45) is 11.7 Å². The van der Waals surface area contributed by atoms with Crippen LogP contribution in [-0.4, -0.2) is 23.3 Å². The van der Waals surface area contributed by atoms with Crippen molar-refractivity contribution in [1.82, 2.24) is 10.2 Å². The number of nitrogens with zero attached hydrogens (tertiary/aromatic N) is 3. The van der Waals surface area contributed by atoms with Crippen LogP contribution in [0.25, 0.3) is 0 Å². The molecule has 0 bridgehead atoms. The Morgan fingerprint density at radius 3 is 2.93 bits per heavy atom. The van der Waals surface area contributed by atoms with Crippen molar-refractivity contribution in [2.45, 2.75) is 26.3 Å². The molecule has 1 aromatic heterocycles. The van der Waals surface area contributed by atoms with Crippen LogP contribution in [-0.2, 0) is 6.54 Å². The molecule has 2 heterocycles. The van der Waals surface area contributed by atoms with Gasteiger partial charge in [0.15, 0.2) is 5.82 Å². The Hall–Kier alpha value is -1.16. The van der Waals surface area contributed by atoms with E-state index < -0.39 is 0 Å². The molecule has 1 saturated heterocycles. The van der Waals surface area contributed by atoms with E-state index in [-0.39, 0.29) is 0 Å². The molecule has 0 radical (unpaired) electrons. The number of hydrogen-bond donors (Lipinski definition) is 1. The molecular formula is C11H18N4. The zero-order valence-electron chi connectivity index (χ0n) is 9.19. The second-order valence-electron chi connectivity index (χ2n) is 4.28. The summed E-state index contributed by atoms with van der Waals surface area (Å²) >= 11 is 0. The monoisotopic (exact) mass is 206 g/mol. The third-order valence-corrected chi connectivity index (χ3v) is 2.90. The molecule has 4 nitrogen and oxygen atoms in total. The highest BCUT2D eigenvalue weighted by Crippen LogP contribution is 2.20. The Labute approximate surface area is 90.5 Å². The van der Waals surface area contributed by atoms with Crippen LogP contribution in [0.5, 0.6) is 0 Å². The maximum atomic E-state index is 5.48. The Morgan fingerprint density at radius 1 is 1.47 bits per heavy atom. The highest BCUT2D eigenvalue weighted by atomic mass is 15.3. The number of rotatable bonds is 2. The molecule has 1 fully saturated rings. The van der Waals surface area contributed by atoms with E-state index in [0.717, 1.165) is 30.5 Å². The first-order valence-corrected chi connectivity index (χ1v) is 5.57. The molecule has 15 heavy (non-hydrogen) atoms. The molecule has 2 N–H and O–H groups in total. The predicted octanol–water partition coefficient (Wildman–Crippen LogP) is 1.17. The smallest absolute Gasteiger partial charge is 0.151 e. The van der Waals surface area contributed by atoms with Gasteiger partial charge in [0.1, 0.15) is 0 Å². The van der Waals surface area contributed by atoms with Gasteiger partial charge in [0.25, 0.3) is 0 Å². The van der Waals surface area contributed by atoms with E-state index in [1.807, 2.05) is 12.1 Å². The van der Waals surface area contributed by atoms with Gasteiger partial charge < -0.3 is 10.6 Å². The molecule has 0 aromatic carbocycles. The van der Waals surface area contributed by atoms with Gasteiger partial charge in [-0.05, 0) is 30.9 Å². The number of piperidine rings is 1. The minimum absolute atomic E-state index is 0.462. The number of anilines is 1. The fraction of sp³-hybridized carbons (Fsp3) is 0.636. The standard InChI is InChI=1S/C11H18N4/c1-9-3-2-6-15(8-9)11-5-4-10(7-12)13-14-11/h4-5,9H,2-3,6-8,12H2,1H3. The maximum Gasteiger partial charge on any atom is 0.151 e. The van der Waals surface area contributed by atoms with E-state index in [4.69, 9.17) is 5.73 Å². The van der Waals surface area contributed by atoms with Crippen molar-refractivity contribution >= 4 is 5.82 Å². The van der Waals surface area contributed by atoms with Crippen molar-refractivity contribution in [3.63, 3.8) is 0 Å². The fourth-order valence-corrected chi connectivity index (χ4v) is 2.03. The molecule has 1 aliphatic rings. The van der Waals surface area contributed by atoms with Gasteiger partial charge in [0, 0.05) is 19.6 Å². The van der Waals surface area contributed by atoms with E-state index in [1.54, 1.807) is 0 Å². The lowest BCUT2D eigenvalue weighted by Crippen LogP contribution is -2.34. The Morgan fingerprint density at radius 2 is 2.33 bits per heavy atom. The summed E-state index contributed by atoms with van der Waals surface area (Å²) in [6.45, 7) is 4.94. The van der Waals surface area contributed by atoms with Crippen LogP contribution in [0.3, 0.4) is 0 Å². The summed E-state index contributed by atoms with van der Waals surface area (Å²) in [4.78, 5) is 2.31. The van der Waals surface area contributed by atoms with Crippen molar-refractivity contribution in [2.75, 3.05) is 18.0 Å². The molecule has 82 valence electrons. The predicted molar refractivity (Wildman–Crippen MR) is 60.5 cm³/mol. The molecule has 1 aliphatic heterocycles. The fourth-order valence-electron chi connectivity index (χ4n) is 2.03. The van der Waals surface area contributed by atoms with E-state index >= 15 is 0 Å². The van der Waals surface area contributed by atoms with Crippen molar-refractivity contribution in [3.05, 3.63) is 17.8 Å². The zero-order chi connectivity index (χ0) is 10.7. The van der Waals surface area contributed by atoms with Gasteiger partial charge in [0.05, 0.1) is 5.69 Å². The largest absolute Gasteiger partial charge is 0.355 e. The van der Waals surface area contributed by atoms with Crippen molar-refractivity contribution < 1.29 is 0 Å². The topological polar surface area (TPSA) is 55.0 Å². The summed E-state index contributed by atoms with van der Waals surface area (Å²) < 4.78 is 0. The molecular weight excluding hydrogens is 188 g/mol. The second kappa shape index (κ2) is 4.57. The van der Waals surface area contributed by atoms with Crippen LogP contribution in [0.15, 0.2) is 12.1 Å². The highest BCUT2D eigenvalue weighted by molar-refractivity contribution is 5.37. The van der Waals surface area contributed by atoms with E-state index in [2.05, 4.69) is 22.0 Å². The summed E-state index contributed by atoms with van der Waals surface area (Å²) in [5.74, 6) is 1.74. The van der Waals surface area contributed by atoms with Crippen LogP contribution in [0.2, 0.25) is 0 Å². The third kappa shape index (κ3) is 2.45. The van der Waals surface area contributed by atoms with Gasteiger partial charge in [-0.2, -0.15) is 5.10 Å². The number of hydrogen-bond acceptors (Lipinski definition) is 4. The molecule has 0 aliphatic carbocycles. The normalized spacial score (nSPS) is 21.7. The third-order valence-electron chi connectivity index (χ3n) is 2.90. The van der Waals surface area contributed by atoms with Gasteiger partial charge in [-0.25, -0.2) is 0 Å².